The molecule has 0 saturated heterocycles. The zero-order valence-electron chi connectivity index (χ0n) is 9.47. The van der Waals surface area contributed by atoms with Gasteiger partial charge in [-0.05, 0) is 51.3 Å². The topological polar surface area (TPSA) is 17.3 Å². The first-order valence-corrected chi connectivity index (χ1v) is 4.94. The van der Waals surface area contributed by atoms with Crippen molar-refractivity contribution in [2.45, 2.75) is 34.6 Å². The van der Waals surface area contributed by atoms with Crippen LogP contribution in [0.3, 0.4) is 0 Å². The van der Waals surface area contributed by atoms with Gasteiger partial charge in [0.2, 0.25) is 0 Å². The Morgan fingerprint density at radius 1 is 1.00 bits per heavy atom. The maximum absolute atomic E-state index is 4.52. The molecule has 0 bridgehead atoms. The lowest BCUT2D eigenvalue weighted by Crippen LogP contribution is -1.99. The Bertz CT molecular complexity index is 507. The highest BCUT2D eigenvalue weighted by Gasteiger charge is 2.10. The van der Waals surface area contributed by atoms with Gasteiger partial charge >= 0.3 is 0 Å². The van der Waals surface area contributed by atoms with Gasteiger partial charge in [-0.15, -0.1) is 0 Å². The molecule has 0 aromatic carbocycles. The average molecular weight is 188 g/mol. The Labute approximate surface area is 84.6 Å². The van der Waals surface area contributed by atoms with E-state index >= 15 is 0 Å². The van der Waals surface area contributed by atoms with Gasteiger partial charge in [0.25, 0.3) is 0 Å². The Morgan fingerprint density at radius 2 is 1.64 bits per heavy atom. The average Bonchev–Trinajstić information content (AvgIpc) is 2.41. The molecule has 2 heteroatoms. The molecule has 0 amide bonds. The SMILES string of the molecule is Cc1cn2c(C)nc(C)c(C)c2c1C. The molecular weight excluding hydrogens is 172 g/mol. The molecule has 0 fully saturated rings. The molecule has 2 nitrogen and oxygen atoms in total. The first kappa shape index (κ1) is 9.25. The van der Waals surface area contributed by atoms with Gasteiger partial charge in [0.1, 0.15) is 5.82 Å². The van der Waals surface area contributed by atoms with Crippen LogP contribution in [0.15, 0.2) is 6.20 Å². The molecule has 2 rings (SSSR count). The van der Waals surface area contributed by atoms with Crippen molar-refractivity contribution in [2.24, 2.45) is 0 Å². The van der Waals surface area contributed by atoms with Crippen molar-refractivity contribution in [1.29, 1.82) is 0 Å². The summed E-state index contributed by atoms with van der Waals surface area (Å²) in [5, 5.41) is 0. The van der Waals surface area contributed by atoms with Gasteiger partial charge in [-0.3, -0.25) is 0 Å². The van der Waals surface area contributed by atoms with Crippen molar-refractivity contribution in [2.75, 3.05) is 0 Å². The Hall–Kier alpha value is -1.31. The third kappa shape index (κ3) is 1.07. The second-order valence-electron chi connectivity index (χ2n) is 4.03. The van der Waals surface area contributed by atoms with Gasteiger partial charge < -0.3 is 4.40 Å². The normalized spacial score (nSPS) is 11.2. The Morgan fingerprint density at radius 3 is 2.29 bits per heavy atom. The highest BCUT2D eigenvalue weighted by molar-refractivity contribution is 5.64. The molecule has 0 saturated carbocycles. The second kappa shape index (κ2) is 2.84. The van der Waals surface area contributed by atoms with Gasteiger partial charge in [0, 0.05) is 11.9 Å². The summed E-state index contributed by atoms with van der Waals surface area (Å²) in [5.41, 5.74) is 6.46. The van der Waals surface area contributed by atoms with E-state index in [1.807, 2.05) is 0 Å². The number of rotatable bonds is 0. The molecule has 0 radical (unpaired) electrons. The quantitative estimate of drug-likeness (QED) is 0.621. The molecule has 74 valence electrons. The van der Waals surface area contributed by atoms with Crippen molar-refractivity contribution >= 4 is 5.52 Å². The monoisotopic (exact) mass is 188 g/mol. The minimum absolute atomic E-state index is 1.07. The van der Waals surface area contributed by atoms with Gasteiger partial charge in [-0.2, -0.15) is 0 Å². The van der Waals surface area contributed by atoms with E-state index < -0.39 is 0 Å². The summed E-state index contributed by atoms with van der Waals surface area (Å²) >= 11 is 0. The molecule has 2 aromatic heterocycles. The summed E-state index contributed by atoms with van der Waals surface area (Å²) in [7, 11) is 0. The van der Waals surface area contributed by atoms with E-state index in [-0.39, 0.29) is 0 Å². The largest absolute Gasteiger partial charge is 0.305 e. The molecule has 2 aromatic rings. The van der Waals surface area contributed by atoms with Crippen LogP contribution in [0, 0.1) is 34.6 Å². The minimum Gasteiger partial charge on any atom is -0.305 e. The van der Waals surface area contributed by atoms with Gasteiger partial charge in [0.15, 0.2) is 0 Å². The third-order valence-electron chi connectivity index (χ3n) is 3.09. The Kier molecular flexibility index (Phi) is 1.88. The van der Waals surface area contributed by atoms with E-state index in [1.165, 1.54) is 22.2 Å². The molecule has 0 unspecified atom stereocenters. The van der Waals surface area contributed by atoms with Crippen LogP contribution in [0.4, 0.5) is 0 Å². The predicted octanol–water partition coefficient (Wildman–Crippen LogP) is 2.88. The summed E-state index contributed by atoms with van der Waals surface area (Å²) < 4.78 is 2.19. The molecule has 0 N–H and O–H groups in total. The van der Waals surface area contributed by atoms with Crippen molar-refractivity contribution in [3.8, 4) is 0 Å². The molecule has 0 aliphatic rings. The fourth-order valence-corrected chi connectivity index (χ4v) is 1.99. The minimum atomic E-state index is 1.07. The number of fused-ring (bicyclic) bond motifs is 1. The summed E-state index contributed by atoms with van der Waals surface area (Å²) in [6.45, 7) is 10.6. The first-order valence-electron chi connectivity index (χ1n) is 4.94. The van der Waals surface area contributed by atoms with Crippen molar-refractivity contribution in [3.05, 3.63) is 34.4 Å². The van der Waals surface area contributed by atoms with Gasteiger partial charge in [-0.25, -0.2) is 4.98 Å². The van der Waals surface area contributed by atoms with E-state index in [2.05, 4.69) is 50.2 Å². The third-order valence-corrected chi connectivity index (χ3v) is 3.09. The zero-order chi connectivity index (χ0) is 10.5. The lowest BCUT2D eigenvalue weighted by molar-refractivity contribution is 0.947. The fourth-order valence-electron chi connectivity index (χ4n) is 1.99. The van der Waals surface area contributed by atoms with Gasteiger partial charge in [0.05, 0.1) is 5.52 Å². The summed E-state index contributed by atoms with van der Waals surface area (Å²) in [6, 6.07) is 0. The van der Waals surface area contributed by atoms with Crippen LogP contribution in [0.5, 0.6) is 0 Å². The number of aryl methyl sites for hydroxylation is 5. The molecule has 0 atom stereocenters. The van der Waals surface area contributed by atoms with E-state index in [9.17, 15) is 0 Å². The number of nitrogens with zero attached hydrogens (tertiary/aromatic N) is 2. The highest BCUT2D eigenvalue weighted by Crippen LogP contribution is 2.22. The molecule has 0 spiro atoms. The van der Waals surface area contributed by atoms with Crippen LogP contribution >= 0.6 is 0 Å². The van der Waals surface area contributed by atoms with E-state index in [0.29, 0.717) is 0 Å². The number of hydrogen-bond acceptors (Lipinski definition) is 1. The maximum Gasteiger partial charge on any atom is 0.110 e. The zero-order valence-corrected chi connectivity index (χ0v) is 9.47. The van der Waals surface area contributed by atoms with Crippen molar-refractivity contribution < 1.29 is 0 Å². The van der Waals surface area contributed by atoms with Crippen LogP contribution in [0.25, 0.3) is 5.52 Å². The van der Waals surface area contributed by atoms with Crippen molar-refractivity contribution in [1.82, 2.24) is 9.38 Å². The van der Waals surface area contributed by atoms with Crippen LogP contribution in [-0.4, -0.2) is 9.38 Å². The van der Waals surface area contributed by atoms with Gasteiger partial charge in [-0.1, -0.05) is 0 Å². The lowest BCUT2D eigenvalue weighted by atomic mass is 10.1. The number of aromatic nitrogens is 2. The smallest absolute Gasteiger partial charge is 0.110 e. The van der Waals surface area contributed by atoms with E-state index in [1.54, 1.807) is 0 Å². The molecule has 2 heterocycles. The lowest BCUT2D eigenvalue weighted by Gasteiger charge is -2.07. The van der Waals surface area contributed by atoms with E-state index in [0.717, 1.165) is 11.5 Å². The van der Waals surface area contributed by atoms with Crippen LogP contribution in [-0.2, 0) is 0 Å². The molecular formula is C12H16N2. The Balaban J connectivity index is 3.03. The van der Waals surface area contributed by atoms with Crippen LogP contribution < -0.4 is 0 Å². The maximum atomic E-state index is 4.52. The summed E-state index contributed by atoms with van der Waals surface area (Å²) in [6.07, 6.45) is 2.17. The fraction of sp³-hybridized carbons (Fsp3) is 0.417. The summed E-state index contributed by atoms with van der Waals surface area (Å²) in [4.78, 5) is 4.52. The molecule has 14 heavy (non-hydrogen) atoms. The van der Waals surface area contributed by atoms with Crippen LogP contribution in [0.2, 0.25) is 0 Å². The highest BCUT2D eigenvalue weighted by atomic mass is 15.0. The first-order chi connectivity index (χ1) is 6.52. The predicted molar refractivity (Wildman–Crippen MR) is 58.9 cm³/mol. The van der Waals surface area contributed by atoms with Crippen molar-refractivity contribution in [3.63, 3.8) is 0 Å². The standard InChI is InChI=1S/C12H16N2/c1-7-6-14-11(5)13-10(4)9(3)12(14)8(7)2/h6H,1-5H3. The molecule has 0 aliphatic carbocycles. The summed E-state index contributed by atoms with van der Waals surface area (Å²) in [5.74, 6) is 1.07. The molecule has 0 aliphatic heterocycles. The van der Waals surface area contributed by atoms with Crippen LogP contribution in [0.1, 0.15) is 28.2 Å². The second-order valence-corrected chi connectivity index (χ2v) is 4.03. The van der Waals surface area contributed by atoms with E-state index in [4.69, 9.17) is 0 Å². The number of hydrogen-bond donors (Lipinski definition) is 0.